The number of nitrogens with one attached hydrogen (secondary N) is 1. The van der Waals surface area contributed by atoms with Crippen molar-refractivity contribution in [1.82, 2.24) is 10.2 Å². The van der Waals surface area contributed by atoms with Crippen molar-refractivity contribution in [2.24, 2.45) is 5.92 Å². The number of likely N-dealkylation sites (tertiary alicyclic amines) is 1. The van der Waals surface area contributed by atoms with Crippen LogP contribution < -0.4 is 5.32 Å². The monoisotopic (exact) mass is 446 g/mol. The maximum Gasteiger partial charge on any atom is 0.223 e. The summed E-state index contributed by atoms with van der Waals surface area (Å²) in [5, 5.41) is 3.33. The minimum absolute atomic E-state index is 0.0151. The Hall–Kier alpha value is -2.62. The summed E-state index contributed by atoms with van der Waals surface area (Å²) >= 11 is 0. The molecular weight excluding hydrogens is 408 g/mol. The van der Waals surface area contributed by atoms with Crippen LogP contribution in [0.3, 0.4) is 0 Å². The minimum Gasteiger partial charge on any atom is -0.355 e. The molecule has 0 spiro atoms. The molecule has 2 aliphatic rings. The molecule has 1 aliphatic carbocycles. The molecule has 1 aliphatic heterocycles. The SMILES string of the molecule is Cc1cccc(C2(CNC(=O)C3CCN(C(=O)CCc4ccccc4)CC3)CCCCC2)c1. The van der Waals surface area contributed by atoms with E-state index in [0.717, 1.165) is 38.6 Å². The highest BCUT2D eigenvalue weighted by Gasteiger charge is 2.35. The average Bonchev–Trinajstić information content (AvgIpc) is 2.87. The minimum atomic E-state index is 0.0151. The van der Waals surface area contributed by atoms with Crippen LogP contribution in [0.4, 0.5) is 0 Å². The molecule has 2 aromatic carbocycles. The second-order valence-corrected chi connectivity index (χ2v) is 10.1. The molecule has 0 aromatic heterocycles. The topological polar surface area (TPSA) is 49.4 Å². The Morgan fingerprint density at radius 3 is 2.39 bits per heavy atom. The molecule has 2 aromatic rings. The fourth-order valence-corrected chi connectivity index (χ4v) is 5.62. The molecule has 2 fully saturated rings. The van der Waals surface area contributed by atoms with Gasteiger partial charge in [-0.15, -0.1) is 0 Å². The van der Waals surface area contributed by atoms with Crippen LogP contribution in [0.2, 0.25) is 0 Å². The van der Waals surface area contributed by atoms with Crippen molar-refractivity contribution in [1.29, 1.82) is 0 Å². The Labute approximate surface area is 198 Å². The second kappa shape index (κ2) is 11.0. The predicted molar refractivity (Wildman–Crippen MR) is 133 cm³/mol. The van der Waals surface area contributed by atoms with Gasteiger partial charge in [-0.1, -0.05) is 79.4 Å². The largest absolute Gasteiger partial charge is 0.355 e. The summed E-state index contributed by atoms with van der Waals surface area (Å²) in [5.41, 5.74) is 3.92. The first kappa shape index (κ1) is 23.5. The molecule has 1 N–H and O–H groups in total. The first-order chi connectivity index (χ1) is 16.1. The van der Waals surface area contributed by atoms with Gasteiger partial charge in [-0.25, -0.2) is 0 Å². The number of nitrogens with zero attached hydrogens (tertiary/aromatic N) is 1. The van der Waals surface area contributed by atoms with Crippen LogP contribution in [0.5, 0.6) is 0 Å². The van der Waals surface area contributed by atoms with Gasteiger partial charge in [0.05, 0.1) is 0 Å². The van der Waals surface area contributed by atoms with Crippen LogP contribution in [0.25, 0.3) is 0 Å². The molecular formula is C29H38N2O2. The van der Waals surface area contributed by atoms with E-state index in [2.05, 4.69) is 48.6 Å². The van der Waals surface area contributed by atoms with Gasteiger partial charge in [-0.05, 0) is 50.2 Å². The highest BCUT2D eigenvalue weighted by molar-refractivity contribution is 5.80. The zero-order valence-electron chi connectivity index (χ0n) is 20.0. The van der Waals surface area contributed by atoms with Gasteiger partial charge in [0.15, 0.2) is 0 Å². The Morgan fingerprint density at radius 1 is 0.970 bits per heavy atom. The first-order valence-electron chi connectivity index (χ1n) is 12.7. The Bertz CT molecular complexity index is 926. The van der Waals surface area contributed by atoms with Gasteiger partial charge in [0.1, 0.15) is 0 Å². The van der Waals surface area contributed by atoms with E-state index in [9.17, 15) is 9.59 Å². The number of benzene rings is 2. The van der Waals surface area contributed by atoms with Crippen molar-refractivity contribution in [3.63, 3.8) is 0 Å². The highest BCUT2D eigenvalue weighted by atomic mass is 16.2. The molecule has 1 heterocycles. The number of hydrogen-bond donors (Lipinski definition) is 1. The number of carbonyl (C=O) groups excluding carboxylic acids is 2. The van der Waals surface area contributed by atoms with E-state index in [1.54, 1.807) is 0 Å². The lowest BCUT2D eigenvalue weighted by atomic mass is 9.69. The second-order valence-electron chi connectivity index (χ2n) is 10.1. The molecule has 176 valence electrons. The van der Waals surface area contributed by atoms with Gasteiger partial charge in [-0.2, -0.15) is 0 Å². The fraction of sp³-hybridized carbons (Fsp3) is 0.517. The summed E-state index contributed by atoms with van der Waals surface area (Å²) in [5.74, 6) is 0.392. The van der Waals surface area contributed by atoms with Crippen molar-refractivity contribution in [3.8, 4) is 0 Å². The summed E-state index contributed by atoms with van der Waals surface area (Å²) in [6, 6.07) is 19.0. The van der Waals surface area contributed by atoms with E-state index in [4.69, 9.17) is 0 Å². The quantitative estimate of drug-likeness (QED) is 0.637. The fourth-order valence-electron chi connectivity index (χ4n) is 5.62. The predicted octanol–water partition coefficient (Wildman–Crippen LogP) is 5.18. The van der Waals surface area contributed by atoms with Crippen LogP contribution in [0, 0.1) is 12.8 Å². The van der Waals surface area contributed by atoms with Gasteiger partial charge in [0, 0.05) is 37.4 Å². The Balaban J connectivity index is 1.27. The molecule has 4 nitrogen and oxygen atoms in total. The summed E-state index contributed by atoms with van der Waals surface area (Å²) < 4.78 is 0. The van der Waals surface area contributed by atoms with Crippen molar-refractivity contribution >= 4 is 11.8 Å². The van der Waals surface area contributed by atoms with E-state index in [1.807, 2.05) is 23.1 Å². The van der Waals surface area contributed by atoms with Crippen LogP contribution in [0.1, 0.15) is 68.1 Å². The maximum absolute atomic E-state index is 13.1. The number of piperidine rings is 1. The van der Waals surface area contributed by atoms with Gasteiger partial charge in [0.2, 0.25) is 11.8 Å². The molecule has 4 heteroatoms. The number of rotatable bonds is 7. The van der Waals surface area contributed by atoms with Crippen molar-refractivity contribution in [2.45, 2.75) is 70.1 Å². The molecule has 2 amide bonds. The van der Waals surface area contributed by atoms with Crippen LogP contribution in [-0.4, -0.2) is 36.3 Å². The average molecular weight is 447 g/mol. The molecule has 4 rings (SSSR count). The van der Waals surface area contributed by atoms with Crippen LogP contribution >= 0.6 is 0 Å². The maximum atomic E-state index is 13.1. The third-order valence-corrected chi connectivity index (χ3v) is 7.73. The molecule has 0 bridgehead atoms. The van der Waals surface area contributed by atoms with E-state index < -0.39 is 0 Å². The zero-order valence-corrected chi connectivity index (χ0v) is 20.0. The Morgan fingerprint density at radius 2 is 1.70 bits per heavy atom. The third kappa shape index (κ3) is 6.04. The molecule has 33 heavy (non-hydrogen) atoms. The van der Waals surface area contributed by atoms with E-state index >= 15 is 0 Å². The first-order valence-corrected chi connectivity index (χ1v) is 12.7. The summed E-state index contributed by atoms with van der Waals surface area (Å²) in [6.45, 7) is 4.25. The van der Waals surface area contributed by atoms with E-state index in [0.29, 0.717) is 19.5 Å². The lowest BCUT2D eigenvalue weighted by Gasteiger charge is -2.39. The number of aryl methyl sites for hydroxylation is 2. The number of hydrogen-bond acceptors (Lipinski definition) is 2. The molecule has 0 radical (unpaired) electrons. The highest BCUT2D eigenvalue weighted by Crippen LogP contribution is 2.39. The summed E-state index contributed by atoms with van der Waals surface area (Å²) in [4.78, 5) is 27.6. The molecule has 1 saturated heterocycles. The van der Waals surface area contributed by atoms with Crippen LogP contribution in [-0.2, 0) is 21.4 Å². The van der Waals surface area contributed by atoms with Gasteiger partial charge in [-0.3, -0.25) is 9.59 Å². The normalized spacial score (nSPS) is 18.6. The molecule has 1 saturated carbocycles. The Kier molecular flexibility index (Phi) is 7.85. The third-order valence-electron chi connectivity index (χ3n) is 7.73. The lowest BCUT2D eigenvalue weighted by Crippen LogP contribution is -2.47. The van der Waals surface area contributed by atoms with E-state index in [1.165, 1.54) is 36.0 Å². The van der Waals surface area contributed by atoms with Crippen LogP contribution in [0.15, 0.2) is 54.6 Å². The molecule has 0 unspecified atom stereocenters. The smallest absolute Gasteiger partial charge is 0.223 e. The van der Waals surface area contributed by atoms with Crippen molar-refractivity contribution < 1.29 is 9.59 Å². The molecule has 0 atom stereocenters. The van der Waals surface area contributed by atoms with Gasteiger partial charge in [0.25, 0.3) is 0 Å². The van der Waals surface area contributed by atoms with Crippen molar-refractivity contribution in [2.75, 3.05) is 19.6 Å². The van der Waals surface area contributed by atoms with Crippen molar-refractivity contribution in [3.05, 3.63) is 71.3 Å². The van der Waals surface area contributed by atoms with E-state index in [-0.39, 0.29) is 23.1 Å². The van der Waals surface area contributed by atoms with Gasteiger partial charge < -0.3 is 10.2 Å². The van der Waals surface area contributed by atoms with Gasteiger partial charge >= 0.3 is 0 Å². The standard InChI is InChI=1S/C29H38N2O2/c1-23-9-8-12-26(21-23)29(17-6-3-7-18-29)22-30-28(33)25-15-19-31(20-16-25)27(32)14-13-24-10-4-2-5-11-24/h2,4-5,8-12,21,25H,3,6-7,13-20,22H2,1H3,(H,30,33). The number of amides is 2. The zero-order chi connectivity index (χ0) is 23.1. The summed E-state index contributed by atoms with van der Waals surface area (Å²) in [6.07, 6.45) is 8.89. The summed E-state index contributed by atoms with van der Waals surface area (Å²) in [7, 11) is 0. The number of carbonyl (C=O) groups is 2. The lowest BCUT2D eigenvalue weighted by molar-refractivity contribution is -0.135.